The number of amides is 1. The predicted molar refractivity (Wildman–Crippen MR) is 156 cm³/mol. The average Bonchev–Trinajstić information content (AvgIpc) is 3.22. The van der Waals surface area contributed by atoms with Gasteiger partial charge in [-0.25, -0.2) is 0 Å². The third-order valence-corrected chi connectivity index (χ3v) is 7.30. The molecule has 7 heteroatoms. The van der Waals surface area contributed by atoms with Gasteiger partial charge in [0.1, 0.15) is 23.9 Å². The summed E-state index contributed by atoms with van der Waals surface area (Å²) in [6.07, 6.45) is 0. The van der Waals surface area contributed by atoms with Gasteiger partial charge in [-0.3, -0.25) is 9.59 Å². The van der Waals surface area contributed by atoms with E-state index in [9.17, 15) is 14.7 Å². The monoisotopic (exact) mass is 542 g/mol. The van der Waals surface area contributed by atoms with E-state index in [2.05, 4.69) is 18.7 Å². The number of likely N-dealkylation sites (tertiary alicyclic amines) is 1. The standard InChI is InChI=1S/C33H38N2O5/c1-5-34(6-2)19-20-35-30(25-13-15-26(16-14-25)39-7-3)29(32(37)33(35)38)31(36)28-18-17-27(21-23(28)4)40-22-24-11-9-8-10-12-24/h8-18,21,30,36H,5-7,19-20,22H2,1-4H3/b31-29+/t30-/m1/s1. The minimum atomic E-state index is -0.709. The van der Waals surface area contributed by atoms with Gasteiger partial charge in [0.15, 0.2) is 0 Å². The van der Waals surface area contributed by atoms with Gasteiger partial charge < -0.3 is 24.4 Å². The third-order valence-electron chi connectivity index (χ3n) is 7.30. The molecule has 1 fully saturated rings. The number of hydrogen-bond donors (Lipinski definition) is 1. The zero-order valence-corrected chi connectivity index (χ0v) is 23.7. The molecule has 1 amide bonds. The highest BCUT2D eigenvalue weighted by atomic mass is 16.5. The van der Waals surface area contributed by atoms with Crippen LogP contribution < -0.4 is 9.47 Å². The summed E-state index contributed by atoms with van der Waals surface area (Å²) in [6, 6.07) is 21.9. The summed E-state index contributed by atoms with van der Waals surface area (Å²) in [5.41, 5.74) is 3.11. The molecule has 0 aromatic heterocycles. The van der Waals surface area contributed by atoms with Gasteiger partial charge in [0.05, 0.1) is 18.2 Å². The molecule has 1 atom stereocenters. The molecule has 1 aliphatic heterocycles. The Balaban J connectivity index is 1.69. The van der Waals surface area contributed by atoms with Crippen molar-refractivity contribution in [2.24, 2.45) is 0 Å². The topological polar surface area (TPSA) is 79.3 Å². The van der Waals surface area contributed by atoms with Crippen molar-refractivity contribution in [3.63, 3.8) is 0 Å². The van der Waals surface area contributed by atoms with Crippen LogP contribution in [0.2, 0.25) is 0 Å². The number of aliphatic hydroxyl groups is 1. The first-order chi connectivity index (χ1) is 19.4. The van der Waals surface area contributed by atoms with Crippen molar-refractivity contribution in [3.8, 4) is 11.5 Å². The second kappa shape index (κ2) is 13.3. The summed E-state index contributed by atoms with van der Waals surface area (Å²) in [5, 5.41) is 11.6. The number of rotatable bonds is 12. The zero-order chi connectivity index (χ0) is 28.6. The molecule has 1 N–H and O–H groups in total. The Kier molecular flexibility index (Phi) is 9.61. The van der Waals surface area contributed by atoms with Gasteiger partial charge in [-0.1, -0.05) is 56.3 Å². The third kappa shape index (κ3) is 6.37. The maximum Gasteiger partial charge on any atom is 0.295 e. The number of Topliss-reactive ketones (excluding diaryl/α,β-unsaturated/α-hetero) is 1. The van der Waals surface area contributed by atoms with Crippen molar-refractivity contribution < 1.29 is 24.2 Å². The molecule has 3 aromatic carbocycles. The lowest BCUT2D eigenvalue weighted by molar-refractivity contribution is -0.140. The highest BCUT2D eigenvalue weighted by Crippen LogP contribution is 2.40. The van der Waals surface area contributed by atoms with Crippen LogP contribution >= 0.6 is 0 Å². The van der Waals surface area contributed by atoms with E-state index in [1.165, 1.54) is 0 Å². The maximum absolute atomic E-state index is 13.4. The minimum Gasteiger partial charge on any atom is -0.507 e. The second-order valence-electron chi connectivity index (χ2n) is 9.77. The Hall–Kier alpha value is -4.10. The Labute approximate surface area is 236 Å². The molecule has 0 radical (unpaired) electrons. The van der Waals surface area contributed by atoms with Crippen LogP contribution in [0.4, 0.5) is 0 Å². The van der Waals surface area contributed by atoms with Gasteiger partial charge in [0.2, 0.25) is 0 Å². The van der Waals surface area contributed by atoms with E-state index in [0.717, 1.165) is 29.8 Å². The molecular formula is C33H38N2O5. The molecule has 4 rings (SSSR count). The van der Waals surface area contributed by atoms with E-state index in [1.54, 1.807) is 17.0 Å². The first-order valence-corrected chi connectivity index (χ1v) is 13.9. The van der Waals surface area contributed by atoms with Crippen LogP contribution in [0.3, 0.4) is 0 Å². The maximum atomic E-state index is 13.4. The Bertz CT molecular complexity index is 1350. The summed E-state index contributed by atoms with van der Waals surface area (Å²) in [6.45, 7) is 11.5. The molecule has 40 heavy (non-hydrogen) atoms. The van der Waals surface area contributed by atoms with Crippen LogP contribution in [0.15, 0.2) is 78.4 Å². The first kappa shape index (κ1) is 28.9. The highest BCUT2D eigenvalue weighted by molar-refractivity contribution is 6.46. The fourth-order valence-corrected chi connectivity index (χ4v) is 5.04. The van der Waals surface area contributed by atoms with Crippen LogP contribution in [0.25, 0.3) is 5.76 Å². The summed E-state index contributed by atoms with van der Waals surface area (Å²) >= 11 is 0. The van der Waals surface area contributed by atoms with Crippen molar-refractivity contribution in [1.82, 2.24) is 9.80 Å². The number of benzene rings is 3. The lowest BCUT2D eigenvalue weighted by Crippen LogP contribution is -2.38. The summed E-state index contributed by atoms with van der Waals surface area (Å²) < 4.78 is 11.5. The van der Waals surface area contributed by atoms with Crippen molar-refractivity contribution in [1.29, 1.82) is 0 Å². The zero-order valence-electron chi connectivity index (χ0n) is 23.7. The van der Waals surface area contributed by atoms with E-state index >= 15 is 0 Å². The van der Waals surface area contributed by atoms with Crippen molar-refractivity contribution >= 4 is 17.4 Å². The van der Waals surface area contributed by atoms with Crippen LogP contribution in [-0.2, 0) is 16.2 Å². The summed E-state index contributed by atoms with van der Waals surface area (Å²) in [4.78, 5) is 30.5. The molecule has 0 spiro atoms. The van der Waals surface area contributed by atoms with Crippen molar-refractivity contribution in [3.05, 3.63) is 101 Å². The predicted octanol–water partition coefficient (Wildman–Crippen LogP) is 5.74. The van der Waals surface area contributed by atoms with Crippen molar-refractivity contribution in [2.75, 3.05) is 32.8 Å². The minimum absolute atomic E-state index is 0.0924. The molecule has 1 aliphatic rings. The molecule has 1 heterocycles. The van der Waals surface area contributed by atoms with Gasteiger partial charge in [-0.05, 0) is 74.0 Å². The van der Waals surface area contributed by atoms with Crippen LogP contribution in [0, 0.1) is 6.92 Å². The molecular weight excluding hydrogens is 504 g/mol. The van der Waals surface area contributed by atoms with Crippen molar-refractivity contribution in [2.45, 2.75) is 40.3 Å². The normalized spacial score (nSPS) is 16.5. The first-order valence-electron chi connectivity index (χ1n) is 13.9. The van der Waals surface area contributed by atoms with E-state index in [-0.39, 0.29) is 11.3 Å². The van der Waals surface area contributed by atoms with Crippen LogP contribution in [0.5, 0.6) is 11.5 Å². The van der Waals surface area contributed by atoms with Gasteiger partial charge in [-0.15, -0.1) is 0 Å². The number of carbonyl (C=O) groups is 2. The Morgan fingerprint density at radius 1 is 0.900 bits per heavy atom. The molecule has 210 valence electrons. The van der Waals surface area contributed by atoms with Gasteiger partial charge >= 0.3 is 0 Å². The SMILES string of the molecule is CCOc1ccc([C@@H]2/C(=C(\O)c3ccc(OCc4ccccc4)cc3C)C(=O)C(=O)N2CCN(CC)CC)cc1. The number of aliphatic hydroxyl groups excluding tert-OH is 1. The van der Waals surface area contributed by atoms with Gasteiger partial charge in [0.25, 0.3) is 11.7 Å². The Morgan fingerprint density at radius 2 is 1.57 bits per heavy atom. The number of ether oxygens (including phenoxy) is 2. The largest absolute Gasteiger partial charge is 0.507 e. The van der Waals surface area contributed by atoms with E-state index < -0.39 is 17.7 Å². The number of nitrogens with zero attached hydrogens (tertiary/aromatic N) is 2. The van der Waals surface area contributed by atoms with E-state index in [0.29, 0.717) is 43.4 Å². The number of carbonyl (C=O) groups excluding carboxylic acids is 2. The lowest BCUT2D eigenvalue weighted by atomic mass is 9.94. The summed E-state index contributed by atoms with van der Waals surface area (Å²) in [5.74, 6) is -0.114. The molecule has 7 nitrogen and oxygen atoms in total. The fraction of sp³-hybridized carbons (Fsp3) is 0.333. The average molecular weight is 543 g/mol. The van der Waals surface area contributed by atoms with Gasteiger partial charge in [-0.2, -0.15) is 0 Å². The van der Waals surface area contributed by atoms with E-state index in [4.69, 9.17) is 9.47 Å². The quantitative estimate of drug-likeness (QED) is 0.179. The van der Waals surface area contributed by atoms with Crippen LogP contribution in [-0.4, -0.2) is 59.4 Å². The Morgan fingerprint density at radius 3 is 2.20 bits per heavy atom. The van der Waals surface area contributed by atoms with E-state index in [1.807, 2.05) is 74.5 Å². The molecule has 0 saturated carbocycles. The highest BCUT2D eigenvalue weighted by Gasteiger charge is 2.46. The molecule has 0 unspecified atom stereocenters. The molecule has 1 saturated heterocycles. The number of likely N-dealkylation sites (N-methyl/N-ethyl adjacent to an activating group) is 1. The smallest absolute Gasteiger partial charge is 0.295 e. The lowest BCUT2D eigenvalue weighted by Gasteiger charge is -2.28. The number of ketones is 1. The van der Waals surface area contributed by atoms with Crippen LogP contribution in [0.1, 0.15) is 49.1 Å². The summed E-state index contributed by atoms with van der Waals surface area (Å²) in [7, 11) is 0. The second-order valence-corrected chi connectivity index (χ2v) is 9.77. The molecule has 0 aliphatic carbocycles. The molecule has 3 aromatic rings. The van der Waals surface area contributed by atoms with Gasteiger partial charge in [0, 0.05) is 18.7 Å². The number of hydrogen-bond acceptors (Lipinski definition) is 6. The molecule has 0 bridgehead atoms. The fourth-order valence-electron chi connectivity index (χ4n) is 5.04. The number of aryl methyl sites for hydroxylation is 1.